The van der Waals surface area contributed by atoms with Crippen LogP contribution in [0.2, 0.25) is 0 Å². The normalized spacial score (nSPS) is 18.3. The van der Waals surface area contributed by atoms with E-state index in [1.165, 1.54) is 0 Å². The molecule has 5 heteroatoms. The fourth-order valence-electron chi connectivity index (χ4n) is 3.09. The molecule has 2 aromatic heterocycles. The molecule has 1 aliphatic rings. The lowest BCUT2D eigenvalue weighted by molar-refractivity contribution is 0.0347. The zero-order valence-electron chi connectivity index (χ0n) is 13.8. The minimum absolute atomic E-state index is 0.0935. The van der Waals surface area contributed by atoms with Crippen molar-refractivity contribution in [3.8, 4) is 0 Å². The molecule has 3 heterocycles. The van der Waals surface area contributed by atoms with Crippen LogP contribution in [0.4, 0.5) is 0 Å². The van der Waals surface area contributed by atoms with E-state index in [1.807, 2.05) is 15.6 Å². The zero-order valence-corrected chi connectivity index (χ0v) is 13.8. The fourth-order valence-corrected chi connectivity index (χ4v) is 3.09. The highest BCUT2D eigenvalue weighted by atomic mass is 16.2. The van der Waals surface area contributed by atoms with Crippen LogP contribution < -0.4 is 0 Å². The summed E-state index contributed by atoms with van der Waals surface area (Å²) in [5.74, 6) is 1.11. The summed E-state index contributed by atoms with van der Waals surface area (Å²) in [6, 6.07) is 2.29. The Labute approximate surface area is 131 Å². The molecule has 1 amide bonds. The van der Waals surface area contributed by atoms with E-state index < -0.39 is 0 Å². The number of pyridine rings is 1. The van der Waals surface area contributed by atoms with Crippen LogP contribution in [0.15, 0.2) is 18.5 Å². The van der Waals surface area contributed by atoms with Crippen LogP contribution in [-0.4, -0.2) is 38.2 Å². The molecule has 2 aromatic rings. The summed E-state index contributed by atoms with van der Waals surface area (Å²) in [6.07, 6.45) is 4.60. The molecule has 3 rings (SSSR count). The molecule has 0 aromatic carbocycles. The van der Waals surface area contributed by atoms with Crippen LogP contribution in [0.3, 0.4) is 0 Å². The predicted molar refractivity (Wildman–Crippen MR) is 86.6 cm³/mol. The number of amides is 1. The van der Waals surface area contributed by atoms with Gasteiger partial charge in [0.2, 0.25) is 0 Å². The summed E-state index contributed by atoms with van der Waals surface area (Å²) in [4.78, 5) is 19.1. The van der Waals surface area contributed by atoms with E-state index in [9.17, 15) is 4.79 Å². The maximum absolute atomic E-state index is 12.6. The quantitative estimate of drug-likeness (QED) is 0.872. The number of hydrogen-bond acceptors (Lipinski definition) is 3. The first kappa shape index (κ1) is 15.0. The lowest BCUT2D eigenvalue weighted by Gasteiger charge is -2.43. The van der Waals surface area contributed by atoms with Crippen molar-refractivity contribution < 1.29 is 4.79 Å². The molecule has 118 valence electrons. The number of likely N-dealkylation sites (tertiary alicyclic amines) is 1. The molecule has 1 unspecified atom stereocenters. The number of hydrogen-bond donors (Lipinski definition) is 0. The van der Waals surface area contributed by atoms with Crippen LogP contribution in [0.5, 0.6) is 0 Å². The monoisotopic (exact) mass is 300 g/mol. The van der Waals surface area contributed by atoms with Gasteiger partial charge in [-0.1, -0.05) is 27.7 Å². The fraction of sp³-hybridized carbons (Fsp3) is 0.588. The van der Waals surface area contributed by atoms with Gasteiger partial charge in [-0.05, 0) is 24.3 Å². The van der Waals surface area contributed by atoms with Crippen LogP contribution in [0, 0.1) is 11.8 Å². The lowest BCUT2D eigenvalue weighted by atomic mass is 9.91. The van der Waals surface area contributed by atoms with Crippen molar-refractivity contribution >= 4 is 16.9 Å². The Morgan fingerprint density at radius 1 is 1.32 bits per heavy atom. The summed E-state index contributed by atoms with van der Waals surface area (Å²) >= 11 is 0. The molecule has 0 spiro atoms. The minimum Gasteiger partial charge on any atom is -0.335 e. The third kappa shape index (κ3) is 2.60. The van der Waals surface area contributed by atoms with E-state index in [4.69, 9.17) is 0 Å². The van der Waals surface area contributed by atoms with Gasteiger partial charge in [0.1, 0.15) is 0 Å². The highest BCUT2D eigenvalue weighted by molar-refractivity contribution is 5.97. The van der Waals surface area contributed by atoms with Gasteiger partial charge in [0.15, 0.2) is 5.65 Å². The third-order valence-electron chi connectivity index (χ3n) is 4.36. The van der Waals surface area contributed by atoms with Crippen molar-refractivity contribution in [1.29, 1.82) is 0 Å². The standard InChI is InChI=1S/C17H24N4O/c1-11(2)10-21-16-13(9-19-21)7-14(8-18-16)17(22)20-6-5-15(20)12(3)4/h7-9,11-12,15H,5-6,10H2,1-4H3. The Bertz CT molecular complexity index is 689. The van der Waals surface area contributed by atoms with Crippen LogP contribution in [0.25, 0.3) is 11.0 Å². The van der Waals surface area contributed by atoms with Crippen molar-refractivity contribution in [3.63, 3.8) is 0 Å². The average molecular weight is 300 g/mol. The first-order chi connectivity index (χ1) is 10.5. The number of aromatic nitrogens is 3. The molecule has 0 saturated carbocycles. The molecule has 1 aliphatic heterocycles. The van der Waals surface area contributed by atoms with E-state index in [-0.39, 0.29) is 5.91 Å². The van der Waals surface area contributed by atoms with Crippen molar-refractivity contribution in [1.82, 2.24) is 19.7 Å². The topological polar surface area (TPSA) is 51.0 Å². The van der Waals surface area contributed by atoms with E-state index in [1.54, 1.807) is 12.4 Å². The maximum atomic E-state index is 12.6. The summed E-state index contributed by atoms with van der Waals surface area (Å²) in [5.41, 5.74) is 1.52. The van der Waals surface area contributed by atoms with Crippen molar-refractivity contribution in [3.05, 3.63) is 24.0 Å². The molecular weight excluding hydrogens is 276 g/mol. The SMILES string of the molecule is CC(C)Cn1ncc2cc(C(=O)N3CCC3C(C)C)cnc21. The van der Waals surface area contributed by atoms with Crippen LogP contribution >= 0.6 is 0 Å². The minimum atomic E-state index is 0.0935. The van der Waals surface area contributed by atoms with Gasteiger partial charge in [0.05, 0.1) is 11.8 Å². The maximum Gasteiger partial charge on any atom is 0.255 e. The van der Waals surface area contributed by atoms with E-state index in [0.717, 1.165) is 30.5 Å². The summed E-state index contributed by atoms with van der Waals surface area (Å²) in [6.45, 7) is 10.3. The van der Waals surface area contributed by atoms with Gasteiger partial charge < -0.3 is 4.90 Å². The van der Waals surface area contributed by atoms with Crippen molar-refractivity contribution in [2.75, 3.05) is 6.54 Å². The number of rotatable bonds is 4. The van der Waals surface area contributed by atoms with Gasteiger partial charge in [-0.2, -0.15) is 5.10 Å². The second-order valence-electron chi connectivity index (χ2n) is 6.96. The molecule has 1 atom stereocenters. The zero-order chi connectivity index (χ0) is 15.9. The molecular formula is C17H24N4O. The number of carbonyl (C=O) groups is 1. The molecule has 1 fully saturated rings. The summed E-state index contributed by atoms with van der Waals surface area (Å²) in [5, 5.41) is 5.33. The van der Waals surface area contributed by atoms with Gasteiger partial charge in [-0.25, -0.2) is 9.67 Å². The highest BCUT2D eigenvalue weighted by Crippen LogP contribution is 2.27. The van der Waals surface area contributed by atoms with Gasteiger partial charge in [0, 0.05) is 30.7 Å². The van der Waals surface area contributed by atoms with Gasteiger partial charge in [0.25, 0.3) is 5.91 Å². The van der Waals surface area contributed by atoms with Gasteiger partial charge >= 0.3 is 0 Å². The molecule has 5 nitrogen and oxygen atoms in total. The highest BCUT2D eigenvalue weighted by Gasteiger charge is 2.34. The molecule has 0 radical (unpaired) electrons. The van der Waals surface area contributed by atoms with E-state index in [2.05, 4.69) is 37.8 Å². The second-order valence-corrected chi connectivity index (χ2v) is 6.96. The Balaban J connectivity index is 1.85. The van der Waals surface area contributed by atoms with Gasteiger partial charge in [-0.15, -0.1) is 0 Å². The van der Waals surface area contributed by atoms with Crippen molar-refractivity contribution in [2.24, 2.45) is 11.8 Å². The molecule has 1 saturated heterocycles. The molecule has 22 heavy (non-hydrogen) atoms. The molecule has 0 bridgehead atoms. The van der Waals surface area contributed by atoms with Crippen molar-refractivity contribution in [2.45, 2.75) is 46.7 Å². The van der Waals surface area contributed by atoms with E-state index in [0.29, 0.717) is 23.4 Å². The van der Waals surface area contributed by atoms with Gasteiger partial charge in [-0.3, -0.25) is 4.79 Å². The number of nitrogens with zero attached hydrogens (tertiary/aromatic N) is 4. The molecule has 0 N–H and O–H groups in total. The summed E-state index contributed by atoms with van der Waals surface area (Å²) < 4.78 is 1.91. The van der Waals surface area contributed by atoms with E-state index >= 15 is 0 Å². The molecule has 0 aliphatic carbocycles. The Kier molecular flexibility index (Phi) is 3.89. The first-order valence-corrected chi connectivity index (χ1v) is 8.10. The summed E-state index contributed by atoms with van der Waals surface area (Å²) in [7, 11) is 0. The largest absolute Gasteiger partial charge is 0.335 e. The Morgan fingerprint density at radius 3 is 2.68 bits per heavy atom. The number of carbonyl (C=O) groups excluding carboxylic acids is 1. The predicted octanol–water partition coefficient (Wildman–Crippen LogP) is 2.96. The first-order valence-electron chi connectivity index (χ1n) is 8.10. The van der Waals surface area contributed by atoms with Crippen LogP contribution in [0.1, 0.15) is 44.5 Å². The Hall–Kier alpha value is -1.91. The Morgan fingerprint density at radius 2 is 2.09 bits per heavy atom. The lowest BCUT2D eigenvalue weighted by Crippen LogP contribution is -2.53. The smallest absolute Gasteiger partial charge is 0.255 e. The number of fused-ring (bicyclic) bond motifs is 1. The van der Waals surface area contributed by atoms with Crippen LogP contribution in [-0.2, 0) is 6.54 Å². The third-order valence-corrected chi connectivity index (χ3v) is 4.36. The second kappa shape index (κ2) is 5.71. The average Bonchev–Trinajstić information content (AvgIpc) is 2.78.